The first-order valence-electron chi connectivity index (χ1n) is 9.66. The van der Waals surface area contributed by atoms with Crippen molar-refractivity contribution in [3.63, 3.8) is 0 Å². The minimum Gasteiger partial charge on any atom is -0.465 e. The molecule has 180 valence electrons. The minimum atomic E-state index is -4.72. The molecular weight excluding hydrogens is 459 g/mol. The molecule has 0 spiro atoms. The molecule has 2 aromatic rings. The number of benzene rings is 2. The van der Waals surface area contributed by atoms with E-state index in [4.69, 9.17) is 4.74 Å². The van der Waals surface area contributed by atoms with Crippen LogP contribution < -0.4 is 4.74 Å². The van der Waals surface area contributed by atoms with Gasteiger partial charge in [0.25, 0.3) is 5.69 Å². The van der Waals surface area contributed by atoms with E-state index in [2.05, 4.69) is 9.73 Å². The van der Waals surface area contributed by atoms with E-state index in [0.717, 1.165) is 24.0 Å². The number of methoxy groups -OCH3 is 1. The molecule has 0 bridgehead atoms. The number of nitro groups is 1. The van der Waals surface area contributed by atoms with Gasteiger partial charge >= 0.3 is 18.2 Å². The van der Waals surface area contributed by atoms with Crippen LogP contribution in [0.4, 0.5) is 23.7 Å². The van der Waals surface area contributed by atoms with Gasteiger partial charge in [-0.05, 0) is 49.8 Å². The Bertz CT molecular complexity index is 1110. The van der Waals surface area contributed by atoms with Gasteiger partial charge < -0.3 is 9.47 Å². The van der Waals surface area contributed by atoms with Crippen LogP contribution in [0.25, 0.3) is 0 Å². The Labute approximate surface area is 192 Å². The number of ether oxygens (including phenoxy) is 2. The smallest absolute Gasteiger partial charge is 0.429 e. The van der Waals surface area contributed by atoms with Crippen molar-refractivity contribution in [2.45, 2.75) is 26.6 Å². The van der Waals surface area contributed by atoms with Crippen LogP contribution in [0.2, 0.25) is 0 Å². The van der Waals surface area contributed by atoms with Crippen LogP contribution >= 0.6 is 0 Å². The summed E-state index contributed by atoms with van der Waals surface area (Å²) in [6.45, 7) is 1.91. The highest BCUT2D eigenvalue weighted by atomic mass is 19.4. The normalized spacial score (nSPS) is 12.2. The summed E-state index contributed by atoms with van der Waals surface area (Å²) in [6.07, 6.45) is -4.59. The van der Waals surface area contributed by atoms with Gasteiger partial charge in [0.05, 0.1) is 24.1 Å². The van der Waals surface area contributed by atoms with Crippen LogP contribution in [0.15, 0.2) is 65.4 Å². The second-order valence-corrected chi connectivity index (χ2v) is 6.74. The number of rotatable bonds is 7. The summed E-state index contributed by atoms with van der Waals surface area (Å²) >= 11 is 0. The van der Waals surface area contributed by atoms with Crippen molar-refractivity contribution in [1.82, 2.24) is 4.90 Å². The van der Waals surface area contributed by atoms with Gasteiger partial charge in [0.15, 0.2) is 0 Å². The summed E-state index contributed by atoms with van der Waals surface area (Å²) in [7, 11) is 1.21. The third-order valence-corrected chi connectivity index (χ3v) is 4.42. The summed E-state index contributed by atoms with van der Waals surface area (Å²) in [4.78, 5) is 39.1. The molecule has 0 aromatic heterocycles. The maximum absolute atomic E-state index is 13.0. The van der Waals surface area contributed by atoms with Crippen molar-refractivity contribution in [3.05, 3.63) is 81.7 Å². The fourth-order valence-electron chi connectivity index (χ4n) is 2.59. The zero-order valence-corrected chi connectivity index (χ0v) is 18.3. The van der Waals surface area contributed by atoms with Gasteiger partial charge in [-0.3, -0.25) is 15.0 Å². The molecule has 0 fully saturated rings. The predicted octanol–water partition coefficient (Wildman–Crippen LogP) is 5.27. The molecule has 0 saturated carbocycles. The van der Waals surface area contributed by atoms with Crippen LogP contribution in [0.1, 0.15) is 29.8 Å². The van der Waals surface area contributed by atoms with E-state index in [1.165, 1.54) is 56.5 Å². The first kappa shape index (κ1) is 26.0. The van der Waals surface area contributed by atoms with Crippen molar-refractivity contribution in [1.29, 1.82) is 0 Å². The molecule has 34 heavy (non-hydrogen) atoms. The SMILES string of the molecule is C/C=C(\N=C(/C)C(F)(F)F)N(Cc1ccc(C(=O)OC)cc1)C(=O)Oc1ccc([N+](=O)[O-])cc1. The number of carbonyl (C=O) groups is 2. The molecule has 0 aliphatic heterocycles. The van der Waals surface area contributed by atoms with Gasteiger partial charge in [0.2, 0.25) is 0 Å². The lowest BCUT2D eigenvalue weighted by Gasteiger charge is -2.23. The summed E-state index contributed by atoms with van der Waals surface area (Å²) in [5, 5.41) is 10.8. The van der Waals surface area contributed by atoms with Gasteiger partial charge in [0, 0.05) is 12.1 Å². The number of amides is 1. The third-order valence-electron chi connectivity index (χ3n) is 4.42. The van der Waals surface area contributed by atoms with Gasteiger partial charge in [-0.2, -0.15) is 13.2 Å². The number of nitrogens with zero attached hydrogens (tertiary/aromatic N) is 3. The molecule has 0 unspecified atom stereocenters. The van der Waals surface area contributed by atoms with Crippen molar-refractivity contribution >= 4 is 23.5 Å². The zero-order valence-electron chi connectivity index (χ0n) is 18.3. The van der Waals surface area contributed by atoms with E-state index < -0.39 is 28.9 Å². The number of hydrogen-bond acceptors (Lipinski definition) is 7. The molecule has 2 rings (SSSR count). The molecule has 0 radical (unpaired) electrons. The van der Waals surface area contributed by atoms with Crippen molar-refractivity contribution in [3.8, 4) is 5.75 Å². The van der Waals surface area contributed by atoms with E-state index in [0.29, 0.717) is 5.56 Å². The standard InChI is InChI=1S/C22H20F3N3O6/c1-4-19(26-14(2)22(23,24)25)27(13-15-5-7-16(8-6-15)20(29)33-3)21(30)34-18-11-9-17(10-12-18)28(31)32/h4-12H,13H2,1-3H3/b19-4+,26-14+. The van der Waals surface area contributed by atoms with Gasteiger partial charge in [-0.1, -0.05) is 12.1 Å². The van der Waals surface area contributed by atoms with Crippen LogP contribution in [0, 0.1) is 10.1 Å². The highest BCUT2D eigenvalue weighted by molar-refractivity contribution is 5.89. The lowest BCUT2D eigenvalue weighted by atomic mass is 10.1. The number of hydrogen-bond donors (Lipinski definition) is 0. The number of nitro benzene ring substituents is 1. The second-order valence-electron chi connectivity index (χ2n) is 6.74. The molecule has 0 aliphatic rings. The molecule has 0 N–H and O–H groups in total. The van der Waals surface area contributed by atoms with Crippen LogP contribution in [-0.2, 0) is 11.3 Å². The Kier molecular flexibility index (Phi) is 8.48. The van der Waals surface area contributed by atoms with Gasteiger partial charge in [-0.15, -0.1) is 0 Å². The number of allylic oxidation sites excluding steroid dienone is 1. The Hall–Kier alpha value is -4.22. The predicted molar refractivity (Wildman–Crippen MR) is 115 cm³/mol. The lowest BCUT2D eigenvalue weighted by molar-refractivity contribution is -0.384. The van der Waals surface area contributed by atoms with Crippen molar-refractivity contribution in [2.75, 3.05) is 7.11 Å². The number of aliphatic imine (C=N–C) groups is 1. The average Bonchev–Trinajstić information content (AvgIpc) is 2.80. The lowest BCUT2D eigenvalue weighted by Crippen LogP contribution is -2.33. The van der Waals surface area contributed by atoms with E-state index in [9.17, 15) is 32.9 Å². The summed E-state index contributed by atoms with van der Waals surface area (Å²) in [5.41, 5.74) is -0.729. The topological polar surface area (TPSA) is 111 Å². The highest BCUT2D eigenvalue weighted by Gasteiger charge is 2.33. The number of alkyl halides is 3. The van der Waals surface area contributed by atoms with Crippen LogP contribution in [-0.4, -0.2) is 40.9 Å². The largest absolute Gasteiger partial charge is 0.465 e. The monoisotopic (exact) mass is 479 g/mol. The molecular formula is C22H20F3N3O6. The zero-order chi connectivity index (χ0) is 25.5. The third kappa shape index (κ3) is 6.89. The molecule has 12 heteroatoms. The molecule has 0 atom stereocenters. The van der Waals surface area contributed by atoms with E-state index in [1.807, 2.05) is 0 Å². The van der Waals surface area contributed by atoms with Gasteiger partial charge in [0.1, 0.15) is 17.3 Å². The molecule has 2 aromatic carbocycles. The van der Waals surface area contributed by atoms with Crippen molar-refractivity contribution < 1.29 is 37.2 Å². The second kappa shape index (κ2) is 11.1. The fraction of sp³-hybridized carbons (Fsp3) is 0.227. The number of esters is 1. The molecule has 1 amide bonds. The Balaban J connectivity index is 2.38. The Morgan fingerprint density at radius 3 is 2.18 bits per heavy atom. The Morgan fingerprint density at radius 1 is 1.12 bits per heavy atom. The molecule has 0 saturated heterocycles. The van der Waals surface area contributed by atoms with E-state index in [1.54, 1.807) is 0 Å². The quantitative estimate of drug-likeness (QED) is 0.232. The van der Waals surface area contributed by atoms with E-state index >= 15 is 0 Å². The molecule has 0 heterocycles. The highest BCUT2D eigenvalue weighted by Crippen LogP contribution is 2.23. The maximum atomic E-state index is 13.0. The maximum Gasteiger partial charge on any atom is 0.429 e. The average molecular weight is 479 g/mol. The molecule has 0 aliphatic carbocycles. The van der Waals surface area contributed by atoms with E-state index in [-0.39, 0.29) is 29.4 Å². The summed E-state index contributed by atoms with van der Waals surface area (Å²) in [5.74, 6) is -0.979. The molecule has 9 nitrogen and oxygen atoms in total. The summed E-state index contributed by atoms with van der Waals surface area (Å²) < 4.78 is 49.0. The van der Waals surface area contributed by atoms with Crippen LogP contribution in [0.5, 0.6) is 5.75 Å². The summed E-state index contributed by atoms with van der Waals surface area (Å²) in [6, 6.07) is 10.4. The fourth-order valence-corrected chi connectivity index (χ4v) is 2.59. The first-order valence-corrected chi connectivity index (χ1v) is 9.66. The number of carbonyl (C=O) groups excluding carboxylic acids is 2. The van der Waals surface area contributed by atoms with Gasteiger partial charge in [-0.25, -0.2) is 14.6 Å². The number of halogens is 3. The first-order chi connectivity index (χ1) is 16.0. The van der Waals surface area contributed by atoms with Crippen molar-refractivity contribution in [2.24, 2.45) is 4.99 Å². The van der Waals surface area contributed by atoms with Crippen LogP contribution in [0.3, 0.4) is 0 Å². The Morgan fingerprint density at radius 2 is 1.71 bits per heavy atom. The number of non-ortho nitro benzene ring substituents is 1. The minimum absolute atomic E-state index is 0.0615.